The van der Waals surface area contributed by atoms with Crippen LogP contribution in [0.15, 0.2) is 24.3 Å². The van der Waals surface area contributed by atoms with Gasteiger partial charge in [-0.2, -0.15) is 0 Å². The zero-order chi connectivity index (χ0) is 7.82. The molecule has 0 aliphatic rings. The number of allylic oxidation sites excluding steroid dienone is 3. The molecule has 0 aromatic carbocycles. The Hall–Kier alpha value is -0.171. The van der Waals surface area contributed by atoms with Crippen molar-refractivity contribution in [2.24, 2.45) is 0 Å². The summed E-state index contributed by atoms with van der Waals surface area (Å²) in [4.78, 5) is 0. The van der Waals surface area contributed by atoms with E-state index in [9.17, 15) is 0 Å². The average molecular weight is 179 g/mol. The molecule has 0 saturated carbocycles. The fraction of sp³-hybridized carbons (Fsp3) is 0.375. The molecule has 0 N–H and O–H groups in total. The van der Waals surface area contributed by atoms with Crippen LogP contribution in [0.2, 0.25) is 0 Å². The molecule has 0 radical (unpaired) electrons. The quantitative estimate of drug-likeness (QED) is 0.472. The molecule has 0 heterocycles. The van der Waals surface area contributed by atoms with Gasteiger partial charge in [0, 0.05) is 0 Å². The van der Waals surface area contributed by atoms with Crippen LogP contribution in [0.4, 0.5) is 0 Å². The standard InChI is InChI=1S/C8H12O.Mn/c1-3-5-6-7-8-9-4-2;/h3,5-7H,4H2,1-2H3;/b5-3+,7-6+;. The van der Waals surface area contributed by atoms with E-state index in [2.05, 4.69) is 15.6 Å². The molecule has 0 saturated heterocycles. The van der Waals surface area contributed by atoms with Crippen LogP contribution in [0.25, 0.3) is 0 Å². The maximum absolute atomic E-state index is 5.10. The molecule has 0 amide bonds. The summed E-state index contributed by atoms with van der Waals surface area (Å²) in [6.45, 7) is 4.62. The molecule has 0 aromatic rings. The zero-order valence-electron chi connectivity index (χ0n) is 6.30. The van der Waals surface area contributed by atoms with Crippen molar-refractivity contribution in [1.82, 2.24) is 0 Å². The van der Waals surface area contributed by atoms with E-state index in [-0.39, 0.29) is 0 Å². The zero-order valence-corrected chi connectivity index (χ0v) is 7.48. The van der Waals surface area contributed by atoms with E-state index in [0.717, 1.165) is 4.60 Å². The minimum absolute atomic E-state index is 0.695. The maximum atomic E-state index is 5.10. The molecule has 0 spiro atoms. The third kappa shape index (κ3) is 5.96. The fourth-order valence-electron chi connectivity index (χ4n) is 0.428. The summed E-state index contributed by atoms with van der Waals surface area (Å²) in [7, 11) is 0. The summed E-state index contributed by atoms with van der Waals surface area (Å²) < 4.78 is 5.87. The Morgan fingerprint density at radius 1 is 1.50 bits per heavy atom. The molecule has 0 rings (SSSR count). The Kier molecular flexibility index (Phi) is 6.82. The van der Waals surface area contributed by atoms with E-state index in [4.69, 9.17) is 4.74 Å². The third-order valence-corrected chi connectivity index (χ3v) is 1.18. The van der Waals surface area contributed by atoms with Gasteiger partial charge in [0.05, 0.1) is 0 Å². The van der Waals surface area contributed by atoms with Crippen LogP contribution in [0.1, 0.15) is 13.8 Å². The first-order chi connectivity index (χ1) is 4.81. The van der Waals surface area contributed by atoms with Gasteiger partial charge in [-0.3, -0.25) is 0 Å². The van der Waals surface area contributed by atoms with E-state index in [0.29, 0.717) is 6.61 Å². The van der Waals surface area contributed by atoms with Crippen LogP contribution < -0.4 is 0 Å². The molecule has 57 valence electrons. The van der Waals surface area contributed by atoms with Crippen LogP contribution in [0.3, 0.4) is 0 Å². The number of rotatable bonds is 4. The Labute approximate surface area is 70.1 Å². The van der Waals surface area contributed by atoms with Crippen LogP contribution in [-0.4, -0.2) is 11.2 Å². The second-order valence-electron chi connectivity index (χ2n) is 1.62. The van der Waals surface area contributed by atoms with E-state index in [1.807, 2.05) is 38.2 Å². The van der Waals surface area contributed by atoms with Gasteiger partial charge in [-0.15, -0.1) is 0 Å². The Morgan fingerprint density at radius 2 is 2.20 bits per heavy atom. The van der Waals surface area contributed by atoms with E-state index in [1.165, 1.54) is 0 Å². The number of ether oxygens (including phenoxy) is 1. The van der Waals surface area contributed by atoms with Gasteiger partial charge in [-0.05, 0) is 0 Å². The van der Waals surface area contributed by atoms with Crippen molar-refractivity contribution >= 4 is 4.60 Å². The van der Waals surface area contributed by atoms with Gasteiger partial charge in [0.25, 0.3) is 0 Å². The molecular weight excluding hydrogens is 167 g/mol. The van der Waals surface area contributed by atoms with Crippen molar-refractivity contribution in [2.45, 2.75) is 13.8 Å². The molecule has 0 aromatic heterocycles. The minimum atomic E-state index is 0.695. The molecule has 0 atom stereocenters. The molecule has 0 bridgehead atoms. The fourth-order valence-corrected chi connectivity index (χ4v) is 0.712. The summed E-state index contributed by atoms with van der Waals surface area (Å²) in [5, 5.41) is 0. The summed E-state index contributed by atoms with van der Waals surface area (Å²) in [5.41, 5.74) is 0. The molecule has 1 nitrogen and oxygen atoms in total. The second kappa shape index (κ2) is 6.94. The van der Waals surface area contributed by atoms with Crippen molar-refractivity contribution in [3.8, 4) is 0 Å². The van der Waals surface area contributed by atoms with Crippen molar-refractivity contribution < 1.29 is 20.3 Å². The molecule has 10 heavy (non-hydrogen) atoms. The summed E-state index contributed by atoms with van der Waals surface area (Å²) >= 11 is 3.24. The Balaban J connectivity index is 3.56. The summed E-state index contributed by atoms with van der Waals surface area (Å²) in [6.07, 6.45) is 7.69. The molecular formula is C8H12MnO. The van der Waals surface area contributed by atoms with Crippen molar-refractivity contribution in [2.75, 3.05) is 6.61 Å². The van der Waals surface area contributed by atoms with Crippen LogP contribution >= 0.6 is 0 Å². The number of hydrogen-bond acceptors (Lipinski definition) is 1. The first kappa shape index (κ1) is 9.83. The molecule has 2 heteroatoms. The first-order valence-electron chi connectivity index (χ1n) is 3.25. The van der Waals surface area contributed by atoms with Gasteiger partial charge in [0.15, 0.2) is 0 Å². The SMILES string of the molecule is C/C=C/C=C/[C](=[Mn])OCC. The van der Waals surface area contributed by atoms with Gasteiger partial charge in [0.1, 0.15) is 0 Å². The summed E-state index contributed by atoms with van der Waals surface area (Å²) in [6, 6.07) is 0. The predicted molar refractivity (Wildman–Crippen MR) is 40.6 cm³/mol. The van der Waals surface area contributed by atoms with Gasteiger partial charge in [-0.1, -0.05) is 0 Å². The van der Waals surface area contributed by atoms with Gasteiger partial charge in [0.2, 0.25) is 0 Å². The van der Waals surface area contributed by atoms with Gasteiger partial charge in [-0.25, -0.2) is 0 Å². The number of hydrogen-bond donors (Lipinski definition) is 0. The van der Waals surface area contributed by atoms with Crippen molar-refractivity contribution in [3.63, 3.8) is 0 Å². The van der Waals surface area contributed by atoms with Gasteiger partial charge < -0.3 is 0 Å². The van der Waals surface area contributed by atoms with E-state index in [1.54, 1.807) is 0 Å². The average Bonchev–Trinajstić information content (AvgIpc) is 1.89. The van der Waals surface area contributed by atoms with Crippen molar-refractivity contribution in [1.29, 1.82) is 0 Å². The normalized spacial score (nSPS) is 11.4. The predicted octanol–water partition coefficient (Wildman–Crippen LogP) is 1.83. The summed E-state index contributed by atoms with van der Waals surface area (Å²) in [5.74, 6) is 0. The first-order valence-corrected chi connectivity index (χ1v) is 3.85. The van der Waals surface area contributed by atoms with E-state index >= 15 is 0 Å². The second-order valence-corrected chi connectivity index (χ2v) is 2.20. The van der Waals surface area contributed by atoms with Crippen molar-refractivity contribution in [3.05, 3.63) is 24.3 Å². The topological polar surface area (TPSA) is 9.23 Å². The molecule has 0 fully saturated rings. The Bertz CT molecular complexity index is 147. The molecule has 0 aliphatic heterocycles. The molecule has 0 unspecified atom stereocenters. The van der Waals surface area contributed by atoms with E-state index < -0.39 is 0 Å². The monoisotopic (exact) mass is 179 g/mol. The Morgan fingerprint density at radius 3 is 2.70 bits per heavy atom. The van der Waals surface area contributed by atoms with Crippen LogP contribution in [0, 0.1) is 0 Å². The van der Waals surface area contributed by atoms with Gasteiger partial charge >= 0.3 is 69.7 Å². The van der Waals surface area contributed by atoms with Crippen LogP contribution in [0.5, 0.6) is 0 Å². The third-order valence-electron chi connectivity index (χ3n) is 0.813. The molecule has 0 aliphatic carbocycles. The van der Waals surface area contributed by atoms with Crippen LogP contribution in [-0.2, 0) is 20.3 Å².